The topological polar surface area (TPSA) is 164 Å². The third kappa shape index (κ3) is 7.41. The predicted octanol–water partition coefficient (Wildman–Crippen LogP) is -4.36. The van der Waals surface area contributed by atoms with Gasteiger partial charge in [0.25, 0.3) is 0 Å². The maximum atomic E-state index is 10.4. The average molecular weight is 282 g/mol. The minimum Gasteiger partial charge on any atom is -0.394 e. The number of aliphatic hydroxyl groups excluding tert-OH is 4. The second-order valence-corrected chi connectivity index (χ2v) is 4.17. The summed E-state index contributed by atoms with van der Waals surface area (Å²) in [6.07, 6.45) is -5.79. The van der Waals surface area contributed by atoms with Crippen LogP contribution in [0.15, 0.2) is 0 Å². The molecule has 0 aliphatic carbocycles. The molecule has 0 aliphatic heterocycles. The Morgan fingerprint density at radius 3 is 1.94 bits per heavy atom. The summed E-state index contributed by atoms with van der Waals surface area (Å²) in [5.74, 6) is 0. The fraction of sp³-hybridized carbons (Fsp3) is 0.833. The monoisotopic (exact) mass is 282 g/mol. The average Bonchev–Trinajstić information content (AvgIpc) is 2.21. The van der Waals surface area contributed by atoms with Gasteiger partial charge in [0, 0.05) is 29.6 Å². The molecule has 0 unspecified atom stereocenters. The van der Waals surface area contributed by atoms with E-state index in [1.807, 2.05) is 0 Å². The number of aliphatic hydroxyl groups is 4. The van der Waals surface area contributed by atoms with Gasteiger partial charge in [-0.05, 0) is 0 Å². The van der Waals surface area contributed by atoms with Crippen LogP contribution in [0.5, 0.6) is 0 Å². The number of rotatable bonds is 7. The van der Waals surface area contributed by atoms with E-state index in [0.717, 1.165) is 0 Å². The molecule has 0 bridgehead atoms. The first-order chi connectivity index (χ1) is 7.22. The Morgan fingerprint density at radius 1 is 1.18 bits per heavy atom. The van der Waals surface area contributed by atoms with Gasteiger partial charge in [-0.3, -0.25) is 4.55 Å². The molecule has 0 saturated heterocycles. The molecule has 0 aromatic carbocycles. The van der Waals surface area contributed by atoms with E-state index in [-0.39, 0.29) is 35.8 Å². The second-order valence-electron chi connectivity index (χ2n) is 2.99. The summed E-state index contributed by atoms with van der Waals surface area (Å²) in [5, 5.41) is 35.8. The molecule has 0 heterocycles. The van der Waals surface area contributed by atoms with E-state index in [2.05, 4.69) is 0 Å². The fourth-order valence-corrected chi connectivity index (χ4v) is 1.44. The maximum absolute atomic E-state index is 10.4. The maximum Gasteiger partial charge on any atom is 0.334 e. The largest absolute Gasteiger partial charge is 0.394 e. The molecule has 0 saturated carbocycles. The van der Waals surface area contributed by atoms with E-state index in [1.165, 1.54) is 4.72 Å². The van der Waals surface area contributed by atoms with Crippen molar-refractivity contribution in [2.24, 2.45) is 0 Å². The van der Waals surface area contributed by atoms with Gasteiger partial charge in [-0.2, -0.15) is 13.1 Å². The molecule has 0 aliphatic rings. The fourth-order valence-electron chi connectivity index (χ4n) is 0.898. The van der Waals surface area contributed by atoms with Gasteiger partial charge < -0.3 is 25.2 Å². The molecule has 11 heteroatoms. The van der Waals surface area contributed by atoms with Crippen LogP contribution in [0.4, 0.5) is 0 Å². The summed E-state index contributed by atoms with van der Waals surface area (Å²) < 4.78 is 30.4. The van der Waals surface area contributed by atoms with Crippen molar-refractivity contribution < 1.29 is 38.2 Å². The zero-order valence-electron chi connectivity index (χ0n) is 8.96. The third-order valence-corrected chi connectivity index (χ3v) is 2.30. The zero-order valence-corrected chi connectivity index (χ0v) is 11.8. The van der Waals surface area contributed by atoms with Gasteiger partial charge in [0.2, 0.25) is 0 Å². The number of hydrogen-bond donors (Lipinski definition) is 6. The molecule has 0 fully saturated rings. The van der Waals surface area contributed by atoms with Crippen LogP contribution in [0.25, 0.3) is 0 Å². The Hall–Kier alpha value is 0.380. The van der Waals surface area contributed by atoms with Gasteiger partial charge in [-0.1, -0.05) is 0 Å². The van der Waals surface area contributed by atoms with Crippen LogP contribution in [0.1, 0.15) is 0 Å². The van der Waals surface area contributed by atoms with Gasteiger partial charge in [0.05, 0.1) is 6.61 Å². The van der Waals surface area contributed by atoms with Crippen molar-refractivity contribution in [2.75, 3.05) is 6.61 Å². The Balaban J connectivity index is 0. The van der Waals surface area contributed by atoms with Crippen LogP contribution in [0.2, 0.25) is 0 Å². The van der Waals surface area contributed by atoms with Crippen molar-refractivity contribution >= 4 is 46.1 Å². The Bertz CT molecular complexity index is 322. The first kappa shape index (κ1) is 19.7. The van der Waals surface area contributed by atoms with Crippen LogP contribution < -0.4 is 4.72 Å². The van der Waals surface area contributed by atoms with Crippen molar-refractivity contribution in [3.05, 3.63) is 0 Å². The van der Waals surface area contributed by atoms with Crippen LogP contribution in [-0.2, 0) is 15.1 Å². The van der Waals surface area contributed by atoms with E-state index in [4.69, 9.17) is 19.9 Å². The molecular weight excluding hydrogens is 269 g/mol. The number of aldehydes is 1. The van der Waals surface area contributed by atoms with Crippen molar-refractivity contribution in [3.8, 4) is 0 Å². The van der Waals surface area contributed by atoms with E-state index in [1.54, 1.807) is 0 Å². The number of carbonyl (C=O) groups excluding carboxylic acids is 1. The van der Waals surface area contributed by atoms with Crippen molar-refractivity contribution in [3.63, 3.8) is 0 Å². The Morgan fingerprint density at radius 2 is 1.65 bits per heavy atom. The third-order valence-electron chi connectivity index (χ3n) is 1.73. The molecule has 0 aromatic heterocycles. The van der Waals surface area contributed by atoms with Crippen molar-refractivity contribution in [1.82, 2.24) is 4.72 Å². The zero-order chi connectivity index (χ0) is 12.9. The summed E-state index contributed by atoms with van der Waals surface area (Å²) in [6, 6.07) is -1.84. The molecular formula is C6H13NNaO8S. The predicted molar refractivity (Wildman–Crippen MR) is 55.4 cm³/mol. The molecule has 97 valence electrons. The van der Waals surface area contributed by atoms with Crippen molar-refractivity contribution in [1.29, 1.82) is 0 Å². The standard InChI is InChI=1S/C6H13NO8S.Na/c8-1-3(7-16(13,14)15)5(11)6(12)4(10)2-9;/h1,3-7,9-12H,2H2,(H,13,14,15);/t3-,4+,5+,6+;/m0./s1. The summed E-state index contributed by atoms with van der Waals surface area (Å²) in [4.78, 5) is 10.4. The summed E-state index contributed by atoms with van der Waals surface area (Å²) in [7, 11) is -4.74. The molecule has 0 rings (SSSR count). The Labute approximate surface area is 120 Å². The second kappa shape index (κ2) is 8.48. The van der Waals surface area contributed by atoms with Gasteiger partial charge in [-0.25, -0.2) is 0 Å². The van der Waals surface area contributed by atoms with Gasteiger partial charge in [-0.15, -0.1) is 0 Å². The summed E-state index contributed by atoms with van der Waals surface area (Å²) in [5.41, 5.74) is 0. The molecule has 4 atom stereocenters. The Kier molecular flexibility index (Phi) is 9.83. The smallest absolute Gasteiger partial charge is 0.334 e. The molecule has 1 radical (unpaired) electrons. The minimum atomic E-state index is -4.74. The van der Waals surface area contributed by atoms with Crippen LogP contribution >= 0.6 is 0 Å². The van der Waals surface area contributed by atoms with Gasteiger partial charge in [0.1, 0.15) is 30.6 Å². The molecule has 0 spiro atoms. The summed E-state index contributed by atoms with van der Waals surface area (Å²) in [6.45, 7) is -0.893. The molecule has 0 aromatic rings. The van der Waals surface area contributed by atoms with Gasteiger partial charge >= 0.3 is 10.3 Å². The van der Waals surface area contributed by atoms with E-state index >= 15 is 0 Å². The molecule has 6 N–H and O–H groups in total. The first-order valence-electron chi connectivity index (χ1n) is 4.08. The molecule has 17 heavy (non-hydrogen) atoms. The number of hydrogen-bond acceptors (Lipinski definition) is 7. The quantitative estimate of drug-likeness (QED) is 0.155. The molecule has 0 amide bonds. The van der Waals surface area contributed by atoms with Crippen molar-refractivity contribution in [2.45, 2.75) is 24.4 Å². The molecule has 9 nitrogen and oxygen atoms in total. The van der Waals surface area contributed by atoms with Crippen LogP contribution in [0, 0.1) is 0 Å². The summed E-state index contributed by atoms with van der Waals surface area (Å²) >= 11 is 0. The van der Waals surface area contributed by atoms with E-state index in [9.17, 15) is 18.3 Å². The number of carbonyl (C=O) groups is 1. The van der Waals surface area contributed by atoms with Crippen LogP contribution in [-0.4, -0.2) is 100 Å². The van der Waals surface area contributed by atoms with Gasteiger partial charge in [0.15, 0.2) is 0 Å². The minimum absolute atomic E-state index is 0. The SMILES string of the molecule is O=C[C@H](NS(=O)(=O)O)[C@@H](O)[C@H](O)[C@H](O)CO.[Na]. The van der Waals surface area contributed by atoms with E-state index in [0.29, 0.717) is 0 Å². The van der Waals surface area contributed by atoms with E-state index < -0.39 is 41.3 Å². The normalized spacial score (nSPS) is 18.6. The van der Waals surface area contributed by atoms with Crippen LogP contribution in [0.3, 0.4) is 0 Å². The first-order valence-corrected chi connectivity index (χ1v) is 5.52. The number of nitrogens with one attached hydrogen (secondary N) is 1.